The second kappa shape index (κ2) is 8.07. The van der Waals surface area contributed by atoms with E-state index in [0.29, 0.717) is 0 Å². The Morgan fingerprint density at radius 3 is 2.71 bits per heavy atom. The van der Waals surface area contributed by atoms with Crippen LogP contribution in [0.3, 0.4) is 0 Å². The van der Waals surface area contributed by atoms with E-state index in [0.717, 1.165) is 0 Å². The lowest BCUT2D eigenvalue weighted by Gasteiger charge is -2.13. The fourth-order valence-corrected chi connectivity index (χ4v) is 1.58. The van der Waals surface area contributed by atoms with E-state index in [2.05, 4.69) is 10.3 Å². The first-order valence-electron chi connectivity index (χ1n) is 6.18. The summed E-state index contributed by atoms with van der Waals surface area (Å²) < 4.78 is 11.0. The average molecular weight is 301 g/mol. The van der Waals surface area contributed by atoms with Gasteiger partial charge < -0.3 is 26.3 Å². The van der Waals surface area contributed by atoms with Crippen molar-refractivity contribution in [3.63, 3.8) is 0 Å². The van der Waals surface area contributed by atoms with Gasteiger partial charge in [0, 0.05) is 13.7 Å². The van der Waals surface area contributed by atoms with Gasteiger partial charge in [-0.15, -0.1) is 0 Å². The molecule has 0 aliphatic rings. The number of primary amides is 1. The normalized spacial score (nSPS) is 10.5. The molecule has 0 saturated heterocycles. The molecule has 0 aliphatic carbocycles. The van der Waals surface area contributed by atoms with Crippen molar-refractivity contribution < 1.29 is 14.3 Å². The fourth-order valence-electron chi connectivity index (χ4n) is 1.58. The molecule has 0 aromatic carbocycles. The number of carbonyl (C=O) groups excluding carboxylic acids is 1. The number of methoxy groups -OCH3 is 1. The second-order valence-corrected chi connectivity index (χ2v) is 4.11. The highest BCUT2D eigenvalue weighted by Gasteiger charge is 2.11. The Morgan fingerprint density at radius 1 is 1.38 bits per heavy atom. The van der Waals surface area contributed by atoms with Crippen LogP contribution in [0.5, 0.6) is 0 Å². The van der Waals surface area contributed by atoms with Crippen molar-refractivity contribution in [3.8, 4) is 0 Å². The molecule has 10 heteroatoms. The minimum Gasteiger partial charge on any atom is -0.383 e. The Labute approximate surface area is 120 Å². The zero-order valence-corrected chi connectivity index (χ0v) is 11.7. The minimum atomic E-state index is -0.624. The molecule has 0 unspecified atom stereocenters. The van der Waals surface area contributed by atoms with Crippen LogP contribution in [0, 0.1) is 0 Å². The number of aromatic amines is 1. The molecule has 0 bridgehead atoms. The van der Waals surface area contributed by atoms with E-state index in [-0.39, 0.29) is 44.4 Å². The maximum atomic E-state index is 11.7. The Bertz CT molecular complexity index is 594. The van der Waals surface area contributed by atoms with E-state index in [1.165, 1.54) is 11.7 Å². The Hall–Kier alpha value is -2.33. The zero-order valence-electron chi connectivity index (χ0n) is 11.7. The Balaban J connectivity index is 2.75. The van der Waals surface area contributed by atoms with Gasteiger partial charge in [-0.2, -0.15) is 0 Å². The van der Waals surface area contributed by atoms with Gasteiger partial charge in [-0.05, 0) is 0 Å². The third-order valence-electron chi connectivity index (χ3n) is 2.55. The summed E-state index contributed by atoms with van der Waals surface area (Å²) in [4.78, 5) is 36.0. The molecular weight excluding hydrogens is 282 g/mol. The van der Waals surface area contributed by atoms with Crippen LogP contribution < -0.4 is 28.0 Å². The molecule has 118 valence electrons. The van der Waals surface area contributed by atoms with E-state index >= 15 is 0 Å². The molecule has 0 radical (unpaired) electrons. The van der Waals surface area contributed by atoms with Gasteiger partial charge in [0.05, 0.1) is 19.8 Å². The average Bonchev–Trinajstić information content (AvgIpc) is 2.41. The number of carbonyl (C=O) groups is 1. The highest BCUT2D eigenvalue weighted by Crippen LogP contribution is 2.09. The van der Waals surface area contributed by atoms with Crippen molar-refractivity contribution in [2.45, 2.75) is 6.54 Å². The molecule has 1 heterocycles. The molecule has 0 spiro atoms. The van der Waals surface area contributed by atoms with Crippen LogP contribution in [0.4, 0.5) is 11.5 Å². The van der Waals surface area contributed by atoms with Gasteiger partial charge in [-0.1, -0.05) is 0 Å². The molecule has 0 saturated carbocycles. The number of hydrogen-bond acceptors (Lipinski definition) is 7. The standard InChI is InChI=1S/C11H19N5O5/c1-20-5-3-16-9(13)8(10(18)15-11(16)19)14-2-4-21-6-7(12)17/h14H,2-6,13H2,1H3,(H2,12,17)(H,15,18,19). The summed E-state index contributed by atoms with van der Waals surface area (Å²) >= 11 is 0. The monoisotopic (exact) mass is 301 g/mol. The number of hydrogen-bond donors (Lipinski definition) is 4. The topological polar surface area (TPSA) is 154 Å². The van der Waals surface area contributed by atoms with Gasteiger partial charge in [0.25, 0.3) is 5.56 Å². The number of amides is 1. The van der Waals surface area contributed by atoms with Gasteiger partial charge in [-0.3, -0.25) is 19.1 Å². The minimum absolute atomic E-state index is 0.00991. The van der Waals surface area contributed by atoms with Gasteiger partial charge in [0.1, 0.15) is 18.1 Å². The lowest BCUT2D eigenvalue weighted by Crippen LogP contribution is -2.35. The van der Waals surface area contributed by atoms with Crippen LogP contribution in [0.2, 0.25) is 0 Å². The van der Waals surface area contributed by atoms with Gasteiger partial charge in [-0.25, -0.2) is 4.79 Å². The van der Waals surface area contributed by atoms with E-state index in [4.69, 9.17) is 20.9 Å². The molecular formula is C11H19N5O5. The first-order chi connectivity index (χ1) is 9.97. The Kier molecular flexibility index (Phi) is 6.43. The third-order valence-corrected chi connectivity index (χ3v) is 2.55. The van der Waals surface area contributed by atoms with Crippen molar-refractivity contribution in [3.05, 3.63) is 20.8 Å². The lowest BCUT2D eigenvalue weighted by atomic mass is 10.4. The van der Waals surface area contributed by atoms with Crippen molar-refractivity contribution in [1.82, 2.24) is 9.55 Å². The number of H-pyrrole nitrogens is 1. The van der Waals surface area contributed by atoms with Crippen LogP contribution in [0.15, 0.2) is 9.59 Å². The van der Waals surface area contributed by atoms with Crippen molar-refractivity contribution in [1.29, 1.82) is 0 Å². The molecule has 21 heavy (non-hydrogen) atoms. The first-order valence-corrected chi connectivity index (χ1v) is 6.18. The van der Waals surface area contributed by atoms with Crippen LogP contribution in [0.25, 0.3) is 0 Å². The highest BCUT2D eigenvalue weighted by atomic mass is 16.5. The first kappa shape index (κ1) is 16.7. The van der Waals surface area contributed by atoms with E-state index in [1.807, 2.05) is 0 Å². The summed E-state index contributed by atoms with van der Waals surface area (Å²) in [5.41, 5.74) is 9.54. The van der Waals surface area contributed by atoms with Gasteiger partial charge >= 0.3 is 5.69 Å². The molecule has 1 amide bonds. The van der Waals surface area contributed by atoms with Crippen molar-refractivity contribution in [2.75, 3.05) is 44.5 Å². The summed E-state index contributed by atoms with van der Waals surface area (Å²) in [5, 5.41) is 2.75. The SMILES string of the molecule is COCCn1c(N)c(NCCOCC(N)=O)c(=O)[nH]c1=O. The van der Waals surface area contributed by atoms with Crippen LogP contribution in [-0.4, -0.2) is 48.9 Å². The van der Waals surface area contributed by atoms with Crippen molar-refractivity contribution >= 4 is 17.4 Å². The molecule has 1 aromatic heterocycles. The molecule has 1 aromatic rings. The zero-order chi connectivity index (χ0) is 15.8. The predicted molar refractivity (Wildman–Crippen MR) is 76.1 cm³/mol. The number of nitrogens with two attached hydrogens (primary N) is 2. The maximum Gasteiger partial charge on any atom is 0.330 e. The second-order valence-electron chi connectivity index (χ2n) is 4.11. The number of anilines is 2. The Morgan fingerprint density at radius 2 is 2.10 bits per heavy atom. The third kappa shape index (κ3) is 4.93. The van der Waals surface area contributed by atoms with Crippen LogP contribution in [0.1, 0.15) is 0 Å². The van der Waals surface area contributed by atoms with Crippen molar-refractivity contribution in [2.24, 2.45) is 5.73 Å². The van der Waals surface area contributed by atoms with E-state index in [1.54, 1.807) is 0 Å². The number of nitrogen functional groups attached to an aromatic ring is 1. The fraction of sp³-hybridized carbons (Fsp3) is 0.545. The van der Waals surface area contributed by atoms with Gasteiger partial charge in [0.15, 0.2) is 0 Å². The summed E-state index contributed by atoms with van der Waals surface area (Å²) in [5.74, 6) is -0.573. The molecule has 10 nitrogen and oxygen atoms in total. The van der Waals surface area contributed by atoms with Gasteiger partial charge in [0.2, 0.25) is 5.91 Å². The van der Waals surface area contributed by atoms with E-state index < -0.39 is 17.2 Å². The molecule has 1 rings (SSSR count). The van der Waals surface area contributed by atoms with E-state index in [9.17, 15) is 14.4 Å². The smallest absolute Gasteiger partial charge is 0.330 e. The number of ether oxygens (including phenoxy) is 2. The maximum absolute atomic E-state index is 11.7. The number of nitrogens with zero attached hydrogens (tertiary/aromatic N) is 1. The summed E-state index contributed by atoms with van der Waals surface area (Å²) in [6, 6.07) is 0. The van der Waals surface area contributed by atoms with Crippen LogP contribution in [-0.2, 0) is 20.8 Å². The molecule has 0 fully saturated rings. The lowest BCUT2D eigenvalue weighted by molar-refractivity contribution is -0.122. The molecule has 0 aliphatic heterocycles. The number of aromatic nitrogens is 2. The number of nitrogens with one attached hydrogen (secondary N) is 2. The highest BCUT2D eigenvalue weighted by molar-refractivity contribution is 5.74. The summed E-state index contributed by atoms with van der Waals surface area (Å²) in [7, 11) is 1.49. The summed E-state index contributed by atoms with van der Waals surface area (Å²) in [6.45, 7) is 0.658. The summed E-state index contributed by atoms with van der Waals surface area (Å²) in [6.07, 6.45) is 0. The quantitative estimate of drug-likeness (QED) is 0.373. The predicted octanol–water partition coefficient (Wildman–Crippen LogP) is -2.32. The molecule has 0 atom stereocenters. The van der Waals surface area contributed by atoms with Crippen LogP contribution >= 0.6 is 0 Å². The molecule has 6 N–H and O–H groups in total. The largest absolute Gasteiger partial charge is 0.383 e. The number of rotatable bonds is 9.